The van der Waals surface area contributed by atoms with Gasteiger partial charge in [0.2, 0.25) is 5.91 Å². The van der Waals surface area contributed by atoms with Crippen molar-refractivity contribution in [2.24, 2.45) is 0 Å². The van der Waals surface area contributed by atoms with E-state index in [1.165, 1.54) is 13.2 Å². The number of esters is 1. The van der Waals surface area contributed by atoms with Crippen LogP contribution < -0.4 is 5.32 Å². The summed E-state index contributed by atoms with van der Waals surface area (Å²) < 4.78 is 4.64. The normalized spacial score (nSPS) is 10.5. The molecular formula is C19H19NO3. The summed E-state index contributed by atoms with van der Waals surface area (Å²) in [7, 11) is 1.34. The van der Waals surface area contributed by atoms with Crippen LogP contribution in [-0.2, 0) is 16.1 Å². The van der Waals surface area contributed by atoms with Gasteiger partial charge in [-0.25, -0.2) is 4.79 Å². The molecule has 0 spiro atoms. The average molecular weight is 309 g/mol. The van der Waals surface area contributed by atoms with E-state index in [0.29, 0.717) is 12.1 Å². The van der Waals surface area contributed by atoms with Gasteiger partial charge in [0.15, 0.2) is 0 Å². The van der Waals surface area contributed by atoms with Gasteiger partial charge in [-0.3, -0.25) is 4.79 Å². The van der Waals surface area contributed by atoms with Crippen molar-refractivity contribution >= 4 is 18.0 Å². The first kappa shape index (κ1) is 16.5. The molecule has 0 aliphatic heterocycles. The maximum absolute atomic E-state index is 11.9. The SMILES string of the molecule is COC(=O)c1ccc(/C=C/C(=O)NCc2ccccc2C)cc1. The lowest BCUT2D eigenvalue weighted by Crippen LogP contribution is -2.20. The number of amides is 1. The number of hydrogen-bond acceptors (Lipinski definition) is 3. The standard InChI is InChI=1S/C19H19NO3/c1-14-5-3-4-6-17(14)13-20-18(21)12-9-15-7-10-16(11-8-15)19(22)23-2/h3-12H,13H2,1-2H3,(H,20,21)/b12-9+. The third-order valence-corrected chi connectivity index (χ3v) is 3.47. The number of carbonyl (C=O) groups excluding carboxylic acids is 2. The lowest BCUT2D eigenvalue weighted by molar-refractivity contribution is -0.116. The molecule has 0 aliphatic rings. The summed E-state index contributed by atoms with van der Waals surface area (Å²) in [6.07, 6.45) is 3.18. The Morgan fingerprint density at radius 3 is 2.43 bits per heavy atom. The van der Waals surface area contributed by atoms with Crippen molar-refractivity contribution in [3.63, 3.8) is 0 Å². The molecule has 0 unspecified atom stereocenters. The van der Waals surface area contributed by atoms with Crippen molar-refractivity contribution in [3.8, 4) is 0 Å². The first-order valence-corrected chi connectivity index (χ1v) is 7.29. The molecule has 1 amide bonds. The summed E-state index contributed by atoms with van der Waals surface area (Å²) in [6, 6.07) is 14.8. The second-order valence-electron chi connectivity index (χ2n) is 5.09. The quantitative estimate of drug-likeness (QED) is 0.682. The van der Waals surface area contributed by atoms with E-state index in [4.69, 9.17) is 0 Å². The zero-order valence-electron chi connectivity index (χ0n) is 13.2. The molecule has 0 aliphatic carbocycles. The summed E-state index contributed by atoms with van der Waals surface area (Å²) in [5.74, 6) is -0.540. The monoisotopic (exact) mass is 309 g/mol. The van der Waals surface area contributed by atoms with Crippen molar-refractivity contribution in [2.75, 3.05) is 7.11 Å². The van der Waals surface area contributed by atoms with Crippen LogP contribution in [0.25, 0.3) is 6.08 Å². The second kappa shape index (κ2) is 7.94. The van der Waals surface area contributed by atoms with Gasteiger partial charge < -0.3 is 10.1 Å². The lowest BCUT2D eigenvalue weighted by Gasteiger charge is -2.05. The molecule has 0 radical (unpaired) electrons. The molecule has 4 nitrogen and oxygen atoms in total. The van der Waals surface area contributed by atoms with Crippen LogP contribution in [0.1, 0.15) is 27.0 Å². The van der Waals surface area contributed by atoms with Crippen LogP contribution in [0, 0.1) is 6.92 Å². The Labute approximate surface area is 135 Å². The van der Waals surface area contributed by atoms with Crippen molar-refractivity contribution < 1.29 is 14.3 Å². The van der Waals surface area contributed by atoms with Gasteiger partial charge in [0, 0.05) is 12.6 Å². The van der Waals surface area contributed by atoms with Crippen molar-refractivity contribution in [1.29, 1.82) is 0 Å². The van der Waals surface area contributed by atoms with Crippen molar-refractivity contribution in [1.82, 2.24) is 5.32 Å². The number of nitrogens with one attached hydrogen (secondary N) is 1. The zero-order valence-corrected chi connectivity index (χ0v) is 13.2. The van der Waals surface area contributed by atoms with Gasteiger partial charge >= 0.3 is 5.97 Å². The first-order chi connectivity index (χ1) is 11.1. The minimum Gasteiger partial charge on any atom is -0.465 e. The predicted octanol–water partition coefficient (Wildman–Crippen LogP) is 3.11. The predicted molar refractivity (Wildman–Crippen MR) is 89.8 cm³/mol. The molecule has 0 bridgehead atoms. The molecule has 0 fully saturated rings. The van der Waals surface area contributed by atoms with E-state index in [9.17, 15) is 9.59 Å². The fourth-order valence-electron chi connectivity index (χ4n) is 2.07. The fourth-order valence-corrected chi connectivity index (χ4v) is 2.07. The van der Waals surface area contributed by atoms with Gasteiger partial charge in [-0.1, -0.05) is 36.4 Å². The highest BCUT2D eigenvalue weighted by molar-refractivity contribution is 5.92. The molecule has 1 N–H and O–H groups in total. The summed E-state index contributed by atoms with van der Waals surface area (Å²) in [5, 5.41) is 2.85. The zero-order chi connectivity index (χ0) is 16.7. The van der Waals surface area contributed by atoms with Crippen LogP contribution in [0.15, 0.2) is 54.6 Å². The van der Waals surface area contributed by atoms with Crippen LogP contribution in [-0.4, -0.2) is 19.0 Å². The van der Waals surface area contributed by atoms with Gasteiger partial charge in [-0.2, -0.15) is 0 Å². The first-order valence-electron chi connectivity index (χ1n) is 7.29. The lowest BCUT2D eigenvalue weighted by atomic mass is 10.1. The maximum Gasteiger partial charge on any atom is 0.337 e. The van der Waals surface area contributed by atoms with E-state index in [0.717, 1.165) is 16.7 Å². The third-order valence-electron chi connectivity index (χ3n) is 3.47. The van der Waals surface area contributed by atoms with Crippen LogP contribution in [0.2, 0.25) is 0 Å². The Morgan fingerprint density at radius 1 is 1.09 bits per heavy atom. The number of carbonyl (C=O) groups is 2. The number of rotatable bonds is 5. The summed E-state index contributed by atoms with van der Waals surface area (Å²) in [4.78, 5) is 23.2. The van der Waals surface area contributed by atoms with E-state index in [1.807, 2.05) is 31.2 Å². The van der Waals surface area contributed by atoms with E-state index < -0.39 is 0 Å². The molecule has 0 atom stereocenters. The Morgan fingerprint density at radius 2 is 1.78 bits per heavy atom. The average Bonchev–Trinajstić information content (AvgIpc) is 2.59. The highest BCUT2D eigenvalue weighted by Crippen LogP contribution is 2.08. The molecule has 2 aromatic rings. The molecule has 0 saturated carbocycles. The van der Waals surface area contributed by atoms with E-state index >= 15 is 0 Å². The van der Waals surface area contributed by atoms with Crippen LogP contribution >= 0.6 is 0 Å². The van der Waals surface area contributed by atoms with Gasteiger partial charge in [0.25, 0.3) is 0 Å². The fraction of sp³-hybridized carbons (Fsp3) is 0.158. The molecule has 118 valence electrons. The maximum atomic E-state index is 11.9. The Kier molecular flexibility index (Phi) is 5.69. The van der Waals surface area contributed by atoms with Gasteiger partial charge in [-0.05, 0) is 41.8 Å². The molecular weight excluding hydrogens is 290 g/mol. The summed E-state index contributed by atoms with van der Waals surface area (Å²) in [6.45, 7) is 2.51. The number of aryl methyl sites for hydroxylation is 1. The Bertz CT molecular complexity index is 718. The highest BCUT2D eigenvalue weighted by atomic mass is 16.5. The summed E-state index contributed by atoms with van der Waals surface area (Å²) >= 11 is 0. The molecule has 2 rings (SSSR count). The largest absolute Gasteiger partial charge is 0.465 e. The Hall–Kier alpha value is -2.88. The van der Waals surface area contributed by atoms with E-state index in [1.54, 1.807) is 30.3 Å². The van der Waals surface area contributed by atoms with Crippen LogP contribution in [0.5, 0.6) is 0 Å². The second-order valence-corrected chi connectivity index (χ2v) is 5.09. The number of methoxy groups -OCH3 is 1. The van der Waals surface area contributed by atoms with E-state index in [-0.39, 0.29) is 11.9 Å². The number of hydrogen-bond donors (Lipinski definition) is 1. The third kappa shape index (κ3) is 4.81. The molecule has 0 aromatic heterocycles. The Balaban J connectivity index is 1.91. The van der Waals surface area contributed by atoms with Gasteiger partial charge in [0.05, 0.1) is 12.7 Å². The minimum absolute atomic E-state index is 0.162. The topological polar surface area (TPSA) is 55.4 Å². The smallest absolute Gasteiger partial charge is 0.337 e. The number of ether oxygens (including phenoxy) is 1. The molecule has 2 aromatic carbocycles. The van der Waals surface area contributed by atoms with Gasteiger partial charge in [-0.15, -0.1) is 0 Å². The van der Waals surface area contributed by atoms with Gasteiger partial charge in [0.1, 0.15) is 0 Å². The van der Waals surface area contributed by atoms with Crippen LogP contribution in [0.4, 0.5) is 0 Å². The van der Waals surface area contributed by atoms with E-state index in [2.05, 4.69) is 10.1 Å². The summed E-state index contributed by atoms with van der Waals surface area (Å²) in [5.41, 5.74) is 3.56. The highest BCUT2D eigenvalue weighted by Gasteiger charge is 2.03. The number of benzene rings is 2. The van der Waals surface area contributed by atoms with Crippen molar-refractivity contribution in [3.05, 3.63) is 76.9 Å². The van der Waals surface area contributed by atoms with Crippen molar-refractivity contribution in [2.45, 2.75) is 13.5 Å². The molecule has 0 heterocycles. The molecule has 0 saturated heterocycles. The molecule has 4 heteroatoms. The van der Waals surface area contributed by atoms with Crippen LogP contribution in [0.3, 0.4) is 0 Å². The minimum atomic E-state index is -0.378. The molecule has 23 heavy (non-hydrogen) atoms.